The minimum Gasteiger partial charge on any atom is -0.483 e. The smallest absolute Gasteiger partial charge is 0.257 e. The highest BCUT2D eigenvalue weighted by Crippen LogP contribution is 2.28. The van der Waals surface area contributed by atoms with Gasteiger partial charge < -0.3 is 10.1 Å². The molecular formula is C17H26BrNO2S. The predicted molar refractivity (Wildman–Crippen MR) is 98.9 cm³/mol. The van der Waals surface area contributed by atoms with Crippen molar-refractivity contribution in [3.8, 4) is 5.75 Å². The normalized spacial score (nSPS) is 11.6. The first-order valence-corrected chi connectivity index (χ1v) is 9.30. The van der Waals surface area contributed by atoms with Crippen molar-refractivity contribution in [2.45, 2.75) is 45.3 Å². The Morgan fingerprint density at radius 3 is 2.59 bits per heavy atom. The highest BCUT2D eigenvalue weighted by molar-refractivity contribution is 9.10. The standard InChI is InChI=1S/C17H26BrNO2S/c1-12(2)13-6-7-15(14(18)10-13)21-11-16(20)19-8-9-22-17(3,4)5/h6-7,10,12H,8-9,11H2,1-5H3,(H,19,20). The number of rotatable bonds is 7. The third-order valence-electron chi connectivity index (χ3n) is 2.94. The summed E-state index contributed by atoms with van der Waals surface area (Å²) in [6.45, 7) is 11.5. The van der Waals surface area contributed by atoms with Crippen LogP contribution >= 0.6 is 27.7 Å². The summed E-state index contributed by atoms with van der Waals surface area (Å²) in [7, 11) is 0. The molecule has 0 atom stereocenters. The van der Waals surface area contributed by atoms with Gasteiger partial charge in [-0.2, -0.15) is 11.8 Å². The summed E-state index contributed by atoms with van der Waals surface area (Å²) in [4.78, 5) is 11.8. The van der Waals surface area contributed by atoms with E-state index in [-0.39, 0.29) is 17.3 Å². The Hall–Kier alpha value is -0.680. The van der Waals surface area contributed by atoms with Crippen molar-refractivity contribution in [2.75, 3.05) is 18.9 Å². The molecular weight excluding hydrogens is 362 g/mol. The molecule has 0 unspecified atom stereocenters. The van der Waals surface area contributed by atoms with Crippen molar-refractivity contribution in [2.24, 2.45) is 0 Å². The summed E-state index contributed by atoms with van der Waals surface area (Å²) in [6, 6.07) is 5.97. The number of carbonyl (C=O) groups excluding carboxylic acids is 1. The van der Waals surface area contributed by atoms with Crippen LogP contribution in [0.3, 0.4) is 0 Å². The van der Waals surface area contributed by atoms with Gasteiger partial charge in [-0.05, 0) is 39.5 Å². The van der Waals surface area contributed by atoms with Crippen LogP contribution in [-0.2, 0) is 4.79 Å². The van der Waals surface area contributed by atoms with Crippen molar-refractivity contribution in [1.82, 2.24) is 5.32 Å². The van der Waals surface area contributed by atoms with Gasteiger partial charge in [-0.15, -0.1) is 0 Å². The molecule has 0 bridgehead atoms. The van der Waals surface area contributed by atoms with Crippen LogP contribution in [0.25, 0.3) is 0 Å². The zero-order chi connectivity index (χ0) is 16.8. The van der Waals surface area contributed by atoms with Gasteiger partial charge in [0.2, 0.25) is 0 Å². The molecule has 0 heterocycles. The summed E-state index contributed by atoms with van der Waals surface area (Å²) in [5.74, 6) is 1.98. The first kappa shape index (κ1) is 19.4. The van der Waals surface area contributed by atoms with Crippen molar-refractivity contribution in [3.05, 3.63) is 28.2 Å². The average molecular weight is 388 g/mol. The van der Waals surface area contributed by atoms with Crippen LogP contribution in [0.15, 0.2) is 22.7 Å². The Morgan fingerprint density at radius 2 is 2.05 bits per heavy atom. The Labute approximate surface area is 146 Å². The zero-order valence-corrected chi connectivity index (χ0v) is 16.4. The molecule has 0 aliphatic carbocycles. The Kier molecular flexibility index (Phi) is 7.77. The van der Waals surface area contributed by atoms with E-state index in [9.17, 15) is 4.79 Å². The Morgan fingerprint density at radius 1 is 1.36 bits per heavy atom. The van der Waals surface area contributed by atoms with Crippen molar-refractivity contribution in [3.63, 3.8) is 0 Å². The van der Waals surface area contributed by atoms with Crippen LogP contribution in [-0.4, -0.2) is 29.6 Å². The van der Waals surface area contributed by atoms with Crippen LogP contribution < -0.4 is 10.1 Å². The predicted octanol–water partition coefficient (Wildman–Crippen LogP) is 4.60. The lowest BCUT2D eigenvalue weighted by molar-refractivity contribution is -0.122. The first-order valence-electron chi connectivity index (χ1n) is 7.52. The maximum absolute atomic E-state index is 11.8. The van der Waals surface area contributed by atoms with Crippen LogP contribution in [0.5, 0.6) is 5.75 Å². The fourth-order valence-corrected chi connectivity index (χ4v) is 3.06. The molecule has 124 valence electrons. The number of hydrogen-bond donors (Lipinski definition) is 1. The van der Waals surface area contributed by atoms with E-state index in [0.29, 0.717) is 18.2 Å². The lowest BCUT2D eigenvalue weighted by Gasteiger charge is -2.17. The van der Waals surface area contributed by atoms with E-state index in [2.05, 4.69) is 55.9 Å². The first-order chi connectivity index (χ1) is 10.2. The molecule has 0 spiro atoms. The molecule has 1 N–H and O–H groups in total. The number of hydrogen-bond acceptors (Lipinski definition) is 3. The fraction of sp³-hybridized carbons (Fsp3) is 0.588. The van der Waals surface area contributed by atoms with E-state index in [1.54, 1.807) is 0 Å². The SMILES string of the molecule is CC(C)c1ccc(OCC(=O)NCCSC(C)(C)C)c(Br)c1. The summed E-state index contributed by atoms with van der Waals surface area (Å²) in [5, 5.41) is 2.87. The lowest BCUT2D eigenvalue weighted by Crippen LogP contribution is -2.31. The van der Waals surface area contributed by atoms with E-state index >= 15 is 0 Å². The van der Waals surface area contributed by atoms with Crippen LogP contribution in [0.4, 0.5) is 0 Å². The maximum Gasteiger partial charge on any atom is 0.257 e. The van der Waals surface area contributed by atoms with Gasteiger partial charge in [-0.3, -0.25) is 4.79 Å². The van der Waals surface area contributed by atoms with Gasteiger partial charge in [0.1, 0.15) is 5.75 Å². The van der Waals surface area contributed by atoms with E-state index in [1.165, 1.54) is 5.56 Å². The minimum atomic E-state index is -0.0886. The molecule has 0 saturated heterocycles. The molecule has 22 heavy (non-hydrogen) atoms. The molecule has 1 aromatic rings. The van der Waals surface area contributed by atoms with Crippen LogP contribution in [0.2, 0.25) is 0 Å². The zero-order valence-electron chi connectivity index (χ0n) is 14.0. The summed E-state index contributed by atoms with van der Waals surface area (Å²) in [6.07, 6.45) is 0. The molecule has 1 amide bonds. The molecule has 1 aromatic carbocycles. The molecule has 3 nitrogen and oxygen atoms in total. The topological polar surface area (TPSA) is 38.3 Å². The van der Waals surface area contributed by atoms with Crippen LogP contribution in [0.1, 0.15) is 46.1 Å². The van der Waals surface area contributed by atoms with Gasteiger partial charge in [-0.25, -0.2) is 0 Å². The molecule has 0 aliphatic heterocycles. The molecule has 0 radical (unpaired) electrons. The number of halogens is 1. The number of amides is 1. The quantitative estimate of drug-likeness (QED) is 0.694. The second-order valence-electron chi connectivity index (χ2n) is 6.44. The van der Waals surface area contributed by atoms with Crippen molar-refractivity contribution < 1.29 is 9.53 Å². The second-order valence-corrected chi connectivity index (χ2v) is 9.22. The van der Waals surface area contributed by atoms with Gasteiger partial charge in [0.05, 0.1) is 4.47 Å². The number of ether oxygens (including phenoxy) is 1. The van der Waals surface area contributed by atoms with Gasteiger partial charge in [0.25, 0.3) is 5.91 Å². The van der Waals surface area contributed by atoms with Gasteiger partial charge in [0, 0.05) is 17.0 Å². The van der Waals surface area contributed by atoms with Gasteiger partial charge in [-0.1, -0.05) is 40.7 Å². The summed E-state index contributed by atoms with van der Waals surface area (Å²) < 4.78 is 6.68. The average Bonchev–Trinajstić information content (AvgIpc) is 2.41. The third kappa shape index (κ3) is 7.54. The maximum atomic E-state index is 11.8. The fourth-order valence-electron chi connectivity index (χ4n) is 1.74. The Bertz CT molecular complexity index is 498. The molecule has 0 aromatic heterocycles. The number of nitrogens with one attached hydrogen (secondary N) is 1. The van der Waals surface area contributed by atoms with E-state index in [0.717, 1.165) is 10.2 Å². The number of carbonyl (C=O) groups is 1. The Balaban J connectivity index is 2.35. The number of thioether (sulfide) groups is 1. The molecule has 0 aliphatic rings. The molecule has 0 saturated carbocycles. The van der Waals surface area contributed by atoms with Crippen molar-refractivity contribution >= 4 is 33.6 Å². The second kappa shape index (κ2) is 8.82. The number of benzene rings is 1. The van der Waals surface area contributed by atoms with Gasteiger partial charge in [0.15, 0.2) is 6.61 Å². The summed E-state index contributed by atoms with van der Waals surface area (Å²) in [5.41, 5.74) is 1.24. The highest BCUT2D eigenvalue weighted by atomic mass is 79.9. The molecule has 1 rings (SSSR count). The van der Waals surface area contributed by atoms with Crippen molar-refractivity contribution in [1.29, 1.82) is 0 Å². The third-order valence-corrected chi connectivity index (χ3v) is 4.83. The van der Waals surface area contributed by atoms with Crippen LogP contribution in [0, 0.1) is 0 Å². The van der Waals surface area contributed by atoms with E-state index < -0.39 is 0 Å². The molecule has 0 fully saturated rings. The van der Waals surface area contributed by atoms with Gasteiger partial charge >= 0.3 is 0 Å². The monoisotopic (exact) mass is 387 g/mol. The van der Waals surface area contributed by atoms with E-state index in [4.69, 9.17) is 4.74 Å². The highest BCUT2D eigenvalue weighted by Gasteiger charge is 2.11. The minimum absolute atomic E-state index is 0.0415. The summed E-state index contributed by atoms with van der Waals surface area (Å²) >= 11 is 5.32. The largest absolute Gasteiger partial charge is 0.483 e. The van der Waals surface area contributed by atoms with E-state index in [1.807, 2.05) is 30.0 Å². The molecule has 5 heteroatoms. The lowest BCUT2D eigenvalue weighted by atomic mass is 10.0.